The van der Waals surface area contributed by atoms with Gasteiger partial charge in [0.05, 0.1) is 12.8 Å². The number of hydrogen-bond donors (Lipinski definition) is 0. The Kier molecular flexibility index (Phi) is 4.58. The molecule has 0 bridgehead atoms. The third kappa shape index (κ3) is 2.99. The highest BCUT2D eigenvalue weighted by Gasteiger charge is 2.48. The van der Waals surface area contributed by atoms with Crippen molar-refractivity contribution in [3.8, 4) is 5.75 Å². The molecule has 0 radical (unpaired) electrons. The molecule has 0 N–H and O–H groups in total. The number of furan rings is 1. The van der Waals surface area contributed by atoms with E-state index in [0.717, 1.165) is 62.3 Å². The van der Waals surface area contributed by atoms with Crippen LogP contribution in [0, 0.1) is 13.8 Å². The van der Waals surface area contributed by atoms with Crippen molar-refractivity contribution >= 4 is 16.9 Å². The topological polar surface area (TPSA) is 72.0 Å². The van der Waals surface area contributed by atoms with Crippen LogP contribution in [0.25, 0.3) is 11.0 Å². The highest BCUT2D eigenvalue weighted by molar-refractivity contribution is 5.97. The number of nitrogens with zero attached hydrogens (tertiary/aromatic N) is 3. The Morgan fingerprint density at radius 3 is 2.83 bits per heavy atom. The van der Waals surface area contributed by atoms with Gasteiger partial charge in [0.2, 0.25) is 0 Å². The third-order valence-electron chi connectivity index (χ3n) is 6.83. The van der Waals surface area contributed by atoms with Gasteiger partial charge in [-0.2, -0.15) is 0 Å². The summed E-state index contributed by atoms with van der Waals surface area (Å²) in [7, 11) is 1.61. The first kappa shape index (κ1) is 19.2. The smallest absolute Gasteiger partial charge is 0.289 e. The molecule has 1 unspecified atom stereocenters. The molecule has 7 nitrogen and oxygen atoms in total. The fraction of sp³-hybridized carbons (Fsp3) is 0.478. The number of aryl methyl sites for hydroxylation is 2. The molecule has 2 aliphatic rings. The Labute approximate surface area is 175 Å². The number of ether oxygens (including phenoxy) is 1. The Bertz CT molecular complexity index is 1080. The Morgan fingerprint density at radius 1 is 1.27 bits per heavy atom. The van der Waals surface area contributed by atoms with Gasteiger partial charge in [-0.15, -0.1) is 0 Å². The van der Waals surface area contributed by atoms with E-state index in [1.807, 2.05) is 43.0 Å². The lowest BCUT2D eigenvalue weighted by atomic mass is 9.77. The summed E-state index contributed by atoms with van der Waals surface area (Å²) in [5, 5.41) is 4.97. The maximum atomic E-state index is 13.3. The van der Waals surface area contributed by atoms with Crippen molar-refractivity contribution in [1.82, 2.24) is 15.0 Å². The molecule has 1 amide bonds. The van der Waals surface area contributed by atoms with Crippen molar-refractivity contribution in [1.29, 1.82) is 0 Å². The molecule has 1 aromatic carbocycles. The minimum atomic E-state index is -0.0449. The molecule has 30 heavy (non-hydrogen) atoms. The minimum absolute atomic E-state index is 0.0355. The monoisotopic (exact) mass is 409 g/mol. The van der Waals surface area contributed by atoms with Crippen LogP contribution in [0.2, 0.25) is 0 Å². The van der Waals surface area contributed by atoms with Gasteiger partial charge in [0.25, 0.3) is 5.91 Å². The predicted octanol–water partition coefficient (Wildman–Crippen LogP) is 3.93. The van der Waals surface area contributed by atoms with E-state index in [4.69, 9.17) is 13.7 Å². The first-order valence-electron chi connectivity index (χ1n) is 10.5. The fourth-order valence-electron chi connectivity index (χ4n) is 4.96. The molecule has 5 rings (SSSR count). The lowest BCUT2D eigenvalue weighted by Gasteiger charge is -2.57. The van der Waals surface area contributed by atoms with E-state index in [0.29, 0.717) is 17.1 Å². The van der Waals surface area contributed by atoms with Crippen LogP contribution in [0.1, 0.15) is 46.8 Å². The van der Waals surface area contributed by atoms with Crippen LogP contribution in [0.5, 0.6) is 5.75 Å². The molecule has 1 atom stereocenters. The number of carbonyl (C=O) groups is 1. The molecule has 1 spiro atoms. The average molecular weight is 409 g/mol. The van der Waals surface area contributed by atoms with E-state index < -0.39 is 0 Å². The molecule has 3 aromatic rings. The summed E-state index contributed by atoms with van der Waals surface area (Å²) in [4.78, 5) is 17.7. The molecule has 4 heterocycles. The van der Waals surface area contributed by atoms with Crippen molar-refractivity contribution in [2.75, 3.05) is 26.7 Å². The number of para-hydroxylation sites is 1. The van der Waals surface area contributed by atoms with Crippen molar-refractivity contribution in [2.24, 2.45) is 0 Å². The molecule has 158 valence electrons. The Balaban J connectivity index is 1.36. The van der Waals surface area contributed by atoms with Crippen LogP contribution in [0.4, 0.5) is 0 Å². The molecule has 2 aromatic heterocycles. The van der Waals surface area contributed by atoms with Gasteiger partial charge in [-0.25, -0.2) is 0 Å². The molecular formula is C23H27N3O4. The molecule has 2 saturated heterocycles. The molecule has 7 heteroatoms. The van der Waals surface area contributed by atoms with Crippen LogP contribution in [-0.4, -0.2) is 53.1 Å². The standard InChI is InChI=1S/C23H27N3O4/c1-15-18(16(2)30-24-15)13-26-11-9-23(26)8-5-10-25(14-23)22(27)20-12-17-6-4-7-19(28-3)21(17)29-20/h4,6-7,12H,5,8-11,13-14H2,1-3H3. The van der Waals surface area contributed by atoms with Gasteiger partial charge in [-0.05, 0) is 45.2 Å². The lowest BCUT2D eigenvalue weighted by Crippen LogP contribution is -2.67. The summed E-state index contributed by atoms with van der Waals surface area (Å²) in [6, 6.07) is 7.51. The van der Waals surface area contributed by atoms with Crippen LogP contribution in [-0.2, 0) is 6.54 Å². The fourth-order valence-corrected chi connectivity index (χ4v) is 4.96. The zero-order valence-corrected chi connectivity index (χ0v) is 17.7. The van der Waals surface area contributed by atoms with Crippen molar-refractivity contribution in [3.63, 3.8) is 0 Å². The van der Waals surface area contributed by atoms with Gasteiger partial charge in [0.1, 0.15) is 5.76 Å². The van der Waals surface area contributed by atoms with E-state index >= 15 is 0 Å². The summed E-state index contributed by atoms with van der Waals surface area (Å²) in [6.45, 7) is 7.30. The number of rotatable bonds is 4. The van der Waals surface area contributed by atoms with Gasteiger partial charge >= 0.3 is 0 Å². The number of hydrogen-bond acceptors (Lipinski definition) is 6. The van der Waals surface area contributed by atoms with Gasteiger partial charge in [0.15, 0.2) is 17.1 Å². The molecule has 2 fully saturated rings. The minimum Gasteiger partial charge on any atom is -0.493 e. The highest BCUT2D eigenvalue weighted by atomic mass is 16.5. The van der Waals surface area contributed by atoms with E-state index in [-0.39, 0.29) is 11.4 Å². The quantitative estimate of drug-likeness (QED) is 0.650. The lowest BCUT2D eigenvalue weighted by molar-refractivity contribution is -0.0655. The van der Waals surface area contributed by atoms with E-state index in [2.05, 4.69) is 10.1 Å². The second-order valence-corrected chi connectivity index (χ2v) is 8.52. The number of benzene rings is 1. The van der Waals surface area contributed by atoms with Crippen LogP contribution in [0.15, 0.2) is 33.2 Å². The number of piperidine rings is 1. The summed E-state index contributed by atoms with van der Waals surface area (Å²) in [6.07, 6.45) is 3.20. The second-order valence-electron chi connectivity index (χ2n) is 8.52. The predicted molar refractivity (Wildman–Crippen MR) is 112 cm³/mol. The normalized spacial score (nSPS) is 21.9. The number of methoxy groups -OCH3 is 1. The van der Waals surface area contributed by atoms with Crippen LogP contribution < -0.4 is 4.74 Å². The van der Waals surface area contributed by atoms with Gasteiger partial charge in [-0.1, -0.05) is 17.3 Å². The molecular weight excluding hydrogens is 382 g/mol. The second kappa shape index (κ2) is 7.16. The van der Waals surface area contributed by atoms with Crippen molar-refractivity contribution in [2.45, 2.75) is 45.2 Å². The van der Waals surface area contributed by atoms with E-state index in [9.17, 15) is 4.79 Å². The molecule has 0 saturated carbocycles. The maximum Gasteiger partial charge on any atom is 0.289 e. The number of carbonyl (C=O) groups excluding carboxylic acids is 1. The highest BCUT2D eigenvalue weighted by Crippen LogP contribution is 2.41. The van der Waals surface area contributed by atoms with Crippen molar-refractivity contribution < 1.29 is 18.5 Å². The summed E-state index contributed by atoms with van der Waals surface area (Å²) in [5.41, 5.74) is 2.78. The Hall–Kier alpha value is -2.80. The number of aromatic nitrogens is 1. The number of likely N-dealkylation sites (tertiary alicyclic amines) is 2. The summed E-state index contributed by atoms with van der Waals surface area (Å²) < 4.78 is 16.6. The summed E-state index contributed by atoms with van der Waals surface area (Å²) >= 11 is 0. The zero-order chi connectivity index (χ0) is 20.9. The maximum absolute atomic E-state index is 13.3. The molecule has 2 aliphatic heterocycles. The van der Waals surface area contributed by atoms with E-state index in [1.54, 1.807) is 7.11 Å². The van der Waals surface area contributed by atoms with Gasteiger partial charge < -0.3 is 18.6 Å². The van der Waals surface area contributed by atoms with Gasteiger partial charge in [0, 0.05) is 42.7 Å². The molecule has 0 aliphatic carbocycles. The first-order valence-corrected chi connectivity index (χ1v) is 10.5. The van der Waals surface area contributed by atoms with E-state index in [1.165, 1.54) is 5.56 Å². The Morgan fingerprint density at radius 2 is 2.13 bits per heavy atom. The van der Waals surface area contributed by atoms with Crippen LogP contribution >= 0.6 is 0 Å². The van der Waals surface area contributed by atoms with Crippen molar-refractivity contribution in [3.05, 3.63) is 47.0 Å². The van der Waals surface area contributed by atoms with Gasteiger partial charge in [-0.3, -0.25) is 9.69 Å². The zero-order valence-electron chi connectivity index (χ0n) is 17.7. The SMILES string of the molecule is COc1cccc2cc(C(=O)N3CCCC4(CCN4Cc4c(C)noc4C)C3)oc12. The average Bonchev–Trinajstić information content (AvgIpc) is 3.34. The van der Waals surface area contributed by atoms with Crippen LogP contribution in [0.3, 0.4) is 0 Å². The first-order chi connectivity index (χ1) is 14.5. The number of amides is 1. The largest absolute Gasteiger partial charge is 0.493 e. The summed E-state index contributed by atoms with van der Waals surface area (Å²) in [5.74, 6) is 1.86. The third-order valence-corrected chi connectivity index (χ3v) is 6.83. The number of fused-ring (bicyclic) bond motifs is 1.